The summed E-state index contributed by atoms with van der Waals surface area (Å²) in [7, 11) is 3.53. The normalized spacial score (nSPS) is 31.5. The first kappa shape index (κ1) is 24.3. The summed E-state index contributed by atoms with van der Waals surface area (Å²) < 4.78 is 12.5. The number of benzene rings is 2. The Balaban J connectivity index is 1.39. The van der Waals surface area contributed by atoms with Crippen LogP contribution in [0.2, 0.25) is 0 Å². The zero-order valence-electron chi connectivity index (χ0n) is 21.9. The van der Waals surface area contributed by atoms with Gasteiger partial charge in [0.15, 0.2) is 11.5 Å². The van der Waals surface area contributed by atoms with Crippen molar-refractivity contribution in [2.75, 3.05) is 27.2 Å². The van der Waals surface area contributed by atoms with Crippen molar-refractivity contribution in [3.8, 4) is 11.5 Å². The molecule has 0 aromatic heterocycles. The number of aryl methyl sites for hydroxylation is 1. The van der Waals surface area contributed by atoms with E-state index in [1.165, 1.54) is 5.56 Å². The van der Waals surface area contributed by atoms with Crippen molar-refractivity contribution >= 4 is 12.0 Å². The fraction of sp³-hybridized carbons (Fsp3) is 0.452. The quantitative estimate of drug-likeness (QED) is 0.482. The molecule has 194 valence electrons. The van der Waals surface area contributed by atoms with Gasteiger partial charge in [0.1, 0.15) is 6.10 Å². The summed E-state index contributed by atoms with van der Waals surface area (Å²) in [5.74, 6) is 1.39. The van der Waals surface area contributed by atoms with Gasteiger partial charge in [-0.2, -0.15) is 0 Å². The van der Waals surface area contributed by atoms with Crippen molar-refractivity contribution < 1.29 is 19.4 Å². The average Bonchev–Trinajstić information content (AvgIpc) is 3.24. The van der Waals surface area contributed by atoms with E-state index in [2.05, 4.69) is 23.6 Å². The highest BCUT2D eigenvalue weighted by Gasteiger charge is 2.73. The topological polar surface area (TPSA) is 62.2 Å². The Morgan fingerprint density at radius 3 is 2.92 bits per heavy atom. The molecule has 1 N–H and O–H groups in total. The van der Waals surface area contributed by atoms with Crippen LogP contribution in [0.4, 0.5) is 0 Å². The molecule has 1 saturated carbocycles. The Labute approximate surface area is 219 Å². The van der Waals surface area contributed by atoms with Crippen LogP contribution < -0.4 is 9.47 Å². The lowest BCUT2D eigenvalue weighted by molar-refractivity contribution is -0.198. The monoisotopic (exact) mass is 500 g/mol. The van der Waals surface area contributed by atoms with E-state index in [1.807, 2.05) is 55.3 Å². The molecule has 2 aliphatic carbocycles. The molecule has 0 radical (unpaired) electrons. The predicted molar refractivity (Wildman–Crippen MR) is 144 cm³/mol. The van der Waals surface area contributed by atoms with Crippen molar-refractivity contribution in [2.24, 2.45) is 0 Å². The molecular weight excluding hydrogens is 464 g/mol. The van der Waals surface area contributed by atoms with Crippen molar-refractivity contribution in [1.29, 1.82) is 0 Å². The number of nitrogens with zero attached hydrogens (tertiary/aromatic N) is 2. The van der Waals surface area contributed by atoms with E-state index in [-0.39, 0.29) is 24.1 Å². The van der Waals surface area contributed by atoms with Gasteiger partial charge in [-0.1, -0.05) is 42.0 Å². The zero-order valence-corrected chi connectivity index (χ0v) is 21.9. The maximum absolute atomic E-state index is 13.4. The molecule has 6 rings (SSSR count). The van der Waals surface area contributed by atoms with E-state index < -0.39 is 11.0 Å². The average molecular weight is 501 g/mol. The van der Waals surface area contributed by atoms with Crippen LogP contribution in [0.25, 0.3) is 6.08 Å². The maximum Gasteiger partial charge on any atom is 0.246 e. The predicted octanol–water partition coefficient (Wildman–Crippen LogP) is 3.88. The van der Waals surface area contributed by atoms with Crippen LogP contribution >= 0.6 is 0 Å². The summed E-state index contributed by atoms with van der Waals surface area (Å²) in [6.45, 7) is 7.61. The number of ether oxygens (including phenoxy) is 2. The highest BCUT2D eigenvalue weighted by atomic mass is 16.5. The third-order valence-corrected chi connectivity index (χ3v) is 9.42. The number of rotatable bonds is 6. The highest BCUT2D eigenvalue weighted by molar-refractivity contribution is 5.92. The number of carbonyl (C=O) groups excluding carboxylic acids is 1. The molecule has 1 amide bonds. The fourth-order valence-electron chi connectivity index (χ4n) is 7.76. The van der Waals surface area contributed by atoms with Crippen molar-refractivity contribution in [1.82, 2.24) is 9.80 Å². The minimum atomic E-state index is -0.943. The Morgan fingerprint density at radius 2 is 2.16 bits per heavy atom. The summed E-state index contributed by atoms with van der Waals surface area (Å²) in [6, 6.07) is 12.0. The third-order valence-electron chi connectivity index (χ3n) is 9.42. The highest BCUT2D eigenvalue weighted by Crippen LogP contribution is 2.65. The largest absolute Gasteiger partial charge is 0.493 e. The Hall–Kier alpha value is -3.09. The molecule has 2 heterocycles. The standard InChI is InChI=1S/C31H36N2O4/c1-5-16-33-17-15-30-27-22-10-11-24(36-4)28(27)37-29(30)23(13-14-31(30,35)25(33)19-22)32(3)26(34)12-9-21-8-6-7-20(2)18-21/h5-12,18,23,25,29,35H,1,13-17,19H2,2-4H3/t23-,25-,29+,30+,31-/m1/s1. The Bertz CT molecular complexity index is 1290. The number of amides is 1. The van der Waals surface area contributed by atoms with E-state index >= 15 is 0 Å². The SMILES string of the molecule is C=CCN1CC[C@]23c4c5ccc(OC)c4O[C@H]2[C@H](N(C)C(=O)C=Cc2cccc(C)c2)CC[C@@]3(O)[C@H]1C5. The first-order chi connectivity index (χ1) is 17.8. The van der Waals surface area contributed by atoms with Gasteiger partial charge in [0.05, 0.1) is 24.2 Å². The van der Waals surface area contributed by atoms with Gasteiger partial charge in [-0.05, 0) is 62.4 Å². The van der Waals surface area contributed by atoms with Crippen LogP contribution in [0.5, 0.6) is 11.5 Å². The number of carbonyl (C=O) groups is 1. The van der Waals surface area contributed by atoms with Crippen molar-refractivity contribution in [3.63, 3.8) is 0 Å². The molecule has 1 spiro atoms. The summed E-state index contributed by atoms with van der Waals surface area (Å²) in [4.78, 5) is 17.6. The first-order valence-corrected chi connectivity index (χ1v) is 13.3. The molecule has 1 saturated heterocycles. The molecule has 2 aromatic carbocycles. The molecule has 5 atom stereocenters. The number of methoxy groups -OCH3 is 1. The molecule has 4 aliphatic rings. The molecule has 2 fully saturated rings. The van der Waals surface area contributed by atoms with Gasteiger partial charge in [-0.25, -0.2) is 0 Å². The van der Waals surface area contributed by atoms with Gasteiger partial charge < -0.3 is 19.5 Å². The first-order valence-electron chi connectivity index (χ1n) is 13.3. The second-order valence-electron chi connectivity index (χ2n) is 11.1. The number of hydrogen-bond donors (Lipinski definition) is 1. The lowest BCUT2D eigenvalue weighted by Crippen LogP contribution is -2.78. The minimum Gasteiger partial charge on any atom is -0.493 e. The Kier molecular flexibility index (Phi) is 5.73. The summed E-state index contributed by atoms with van der Waals surface area (Å²) in [5.41, 5.74) is 2.96. The van der Waals surface area contributed by atoms with Gasteiger partial charge in [0, 0.05) is 31.3 Å². The smallest absolute Gasteiger partial charge is 0.246 e. The van der Waals surface area contributed by atoms with E-state index in [0.29, 0.717) is 18.6 Å². The van der Waals surface area contributed by atoms with Crippen LogP contribution in [0.3, 0.4) is 0 Å². The van der Waals surface area contributed by atoms with Gasteiger partial charge in [-0.15, -0.1) is 6.58 Å². The van der Waals surface area contributed by atoms with Gasteiger partial charge >= 0.3 is 0 Å². The summed E-state index contributed by atoms with van der Waals surface area (Å²) in [5, 5.41) is 12.6. The molecule has 2 bridgehead atoms. The van der Waals surface area contributed by atoms with E-state index in [9.17, 15) is 9.90 Å². The Morgan fingerprint density at radius 1 is 1.32 bits per heavy atom. The number of hydrogen-bond acceptors (Lipinski definition) is 5. The minimum absolute atomic E-state index is 0.0135. The lowest BCUT2D eigenvalue weighted by atomic mass is 9.48. The number of likely N-dealkylation sites (N-methyl/N-ethyl adjacent to an activating group) is 1. The maximum atomic E-state index is 13.4. The molecule has 6 nitrogen and oxygen atoms in total. The second kappa shape index (κ2) is 8.74. The number of aliphatic hydroxyl groups is 1. The summed E-state index contributed by atoms with van der Waals surface area (Å²) in [6.07, 6.45) is 7.94. The van der Waals surface area contributed by atoms with E-state index in [4.69, 9.17) is 9.47 Å². The molecule has 6 heteroatoms. The van der Waals surface area contributed by atoms with Gasteiger partial charge in [0.2, 0.25) is 5.91 Å². The van der Waals surface area contributed by atoms with E-state index in [1.54, 1.807) is 13.2 Å². The van der Waals surface area contributed by atoms with Crippen LogP contribution in [0.1, 0.15) is 41.5 Å². The van der Waals surface area contributed by atoms with Gasteiger partial charge in [0.25, 0.3) is 0 Å². The molecular formula is C31H36N2O4. The van der Waals surface area contributed by atoms with E-state index in [0.717, 1.165) is 48.4 Å². The van der Waals surface area contributed by atoms with Crippen molar-refractivity contribution in [3.05, 3.63) is 77.4 Å². The number of likely N-dealkylation sites (tertiary alicyclic amines) is 1. The van der Waals surface area contributed by atoms with Crippen LogP contribution in [-0.4, -0.2) is 71.8 Å². The molecule has 2 aromatic rings. The second-order valence-corrected chi connectivity index (χ2v) is 11.1. The van der Waals surface area contributed by atoms with Crippen LogP contribution in [-0.2, 0) is 16.6 Å². The van der Waals surface area contributed by atoms with Crippen LogP contribution in [0, 0.1) is 6.92 Å². The fourth-order valence-corrected chi connectivity index (χ4v) is 7.76. The molecule has 2 aliphatic heterocycles. The number of piperidine rings is 1. The molecule has 37 heavy (non-hydrogen) atoms. The third kappa shape index (κ3) is 3.35. The lowest BCUT2D eigenvalue weighted by Gasteiger charge is -2.64. The van der Waals surface area contributed by atoms with Gasteiger partial charge in [-0.3, -0.25) is 9.69 Å². The zero-order chi connectivity index (χ0) is 25.9. The summed E-state index contributed by atoms with van der Waals surface area (Å²) >= 11 is 0. The van der Waals surface area contributed by atoms with Crippen LogP contribution in [0.15, 0.2) is 55.1 Å². The van der Waals surface area contributed by atoms with Crippen molar-refractivity contribution in [2.45, 2.75) is 61.8 Å². The molecule has 0 unspecified atom stereocenters.